The van der Waals surface area contributed by atoms with Gasteiger partial charge in [-0.25, -0.2) is 0 Å². The van der Waals surface area contributed by atoms with E-state index in [1.54, 1.807) is 0 Å². The van der Waals surface area contributed by atoms with Crippen molar-refractivity contribution in [2.24, 2.45) is 28.1 Å². The van der Waals surface area contributed by atoms with Gasteiger partial charge in [-0.3, -0.25) is 0 Å². The molecule has 0 atom stereocenters. The summed E-state index contributed by atoms with van der Waals surface area (Å²) >= 11 is 0. The number of benzene rings is 11. The molecule has 0 unspecified atom stereocenters. The summed E-state index contributed by atoms with van der Waals surface area (Å²) < 4.78 is 0. The van der Waals surface area contributed by atoms with Crippen molar-refractivity contribution in [2.45, 2.75) is 274 Å². The standard InChI is InChI=1S/5C13H14.C10H14.3C7H16.C5H12/c2*1-9-4-7-13-11(3)10(2)5-6-12(13)8-9;2*1-9-4-5-12-7-10(2)6-11(3)13(12)8-9;1-9-4-5-12-7-10(2)11(3)8-13(12)6-9;1-7-5-9(3)10(4)6-8(7)2;1-6(2)5-7(3)4;2*1-5-6-7(2,3)4;1-5(2,3)4/h5*4-8H,1-3H3;5-6H,1-4H3;6-7H,5H2,1-4H3;2*5-6H2,1-4H3;1-4H3. The predicted molar refractivity (Wildman–Crippen MR) is 464 cm³/mol. The van der Waals surface area contributed by atoms with Crippen molar-refractivity contribution in [1.29, 1.82) is 0 Å². The first-order valence-corrected chi connectivity index (χ1v) is 38.1. The number of fused-ring (bicyclic) bond motifs is 5. The van der Waals surface area contributed by atoms with E-state index < -0.39 is 0 Å². The average molecular weight is 1360 g/mol. The zero-order chi connectivity index (χ0) is 77.0. The number of aryl methyl sites for hydroxylation is 19. The third-order valence-corrected chi connectivity index (χ3v) is 18.0. The van der Waals surface area contributed by atoms with Crippen molar-refractivity contribution in [1.82, 2.24) is 0 Å². The molecule has 0 saturated heterocycles. The third-order valence-electron chi connectivity index (χ3n) is 18.0. The molecular formula is C101H144. The molecule has 0 heterocycles. The molecule has 0 heteroatoms. The minimum atomic E-state index is 0.500. The van der Waals surface area contributed by atoms with E-state index in [1.165, 1.54) is 192 Å². The van der Waals surface area contributed by atoms with Gasteiger partial charge in [-0.15, -0.1) is 0 Å². The molecule has 0 spiro atoms. The van der Waals surface area contributed by atoms with E-state index in [2.05, 4.69) is 406 Å². The molecule has 0 radical (unpaired) electrons. The Kier molecular flexibility index (Phi) is 37.7. The molecule has 0 N–H and O–H groups in total. The van der Waals surface area contributed by atoms with E-state index in [4.69, 9.17) is 0 Å². The topological polar surface area (TPSA) is 0 Å². The Morgan fingerprint density at radius 1 is 0.228 bits per heavy atom. The highest BCUT2D eigenvalue weighted by atomic mass is 14.1. The van der Waals surface area contributed by atoms with Crippen molar-refractivity contribution in [3.63, 3.8) is 0 Å². The van der Waals surface area contributed by atoms with E-state index in [1.807, 2.05) is 0 Å². The van der Waals surface area contributed by atoms with Gasteiger partial charge in [-0.05, 0) is 300 Å². The Labute approximate surface area is 622 Å². The fraction of sp³-hybridized carbons (Fsp3) is 0.446. The Balaban J connectivity index is 0.000000387. The molecule has 0 aliphatic carbocycles. The van der Waals surface area contributed by atoms with Crippen LogP contribution in [0.3, 0.4) is 0 Å². The van der Waals surface area contributed by atoms with Crippen LogP contribution in [-0.2, 0) is 0 Å². The smallest absolute Gasteiger partial charge is 0.0152 e. The fourth-order valence-corrected chi connectivity index (χ4v) is 12.3. The van der Waals surface area contributed by atoms with Gasteiger partial charge in [0, 0.05) is 0 Å². The van der Waals surface area contributed by atoms with Gasteiger partial charge in [0.1, 0.15) is 0 Å². The highest BCUT2D eigenvalue weighted by Gasteiger charge is 2.08. The highest BCUT2D eigenvalue weighted by Crippen LogP contribution is 2.27. The molecule has 0 aromatic heterocycles. The second-order valence-corrected chi connectivity index (χ2v) is 34.5. The van der Waals surface area contributed by atoms with Gasteiger partial charge in [-0.1, -0.05) is 326 Å². The van der Waals surface area contributed by atoms with E-state index >= 15 is 0 Å². The van der Waals surface area contributed by atoms with Crippen LogP contribution in [0.4, 0.5) is 0 Å². The molecule has 0 aliphatic heterocycles. The minimum absolute atomic E-state index is 0.500. The lowest BCUT2D eigenvalue weighted by Gasteiger charge is -2.15. The first kappa shape index (κ1) is 89.8. The Hall–Kier alpha value is -7.28. The van der Waals surface area contributed by atoms with Crippen molar-refractivity contribution < 1.29 is 0 Å². The lowest BCUT2D eigenvalue weighted by atomic mass is 9.91. The Morgan fingerprint density at radius 3 is 0.762 bits per heavy atom. The normalized spacial score (nSPS) is 10.9. The molecule has 0 aliphatic rings. The Morgan fingerprint density at radius 2 is 0.475 bits per heavy atom. The summed E-state index contributed by atoms with van der Waals surface area (Å²) in [6, 6.07) is 59.8. The monoisotopic (exact) mass is 1360 g/mol. The summed E-state index contributed by atoms with van der Waals surface area (Å²) in [7, 11) is 0. The largest absolute Gasteiger partial charge is 0.0654 e. The van der Waals surface area contributed by atoms with Crippen LogP contribution in [0.5, 0.6) is 0 Å². The number of hydrogen-bond acceptors (Lipinski definition) is 0. The van der Waals surface area contributed by atoms with Crippen LogP contribution < -0.4 is 0 Å². The molecule has 548 valence electrons. The van der Waals surface area contributed by atoms with Crippen LogP contribution in [-0.4, -0.2) is 0 Å². The molecule has 0 fully saturated rings. The van der Waals surface area contributed by atoms with Gasteiger partial charge in [0.25, 0.3) is 0 Å². The van der Waals surface area contributed by atoms with Crippen LogP contribution in [0.15, 0.2) is 164 Å². The van der Waals surface area contributed by atoms with E-state index in [0.717, 1.165) is 11.8 Å². The molecule has 0 amide bonds. The molecule has 0 bridgehead atoms. The van der Waals surface area contributed by atoms with Crippen molar-refractivity contribution in [2.75, 3.05) is 0 Å². The molecule has 11 rings (SSSR count). The molecular weight excluding hydrogens is 1210 g/mol. The summed E-state index contributed by atoms with van der Waals surface area (Å²) in [4.78, 5) is 0. The van der Waals surface area contributed by atoms with Crippen molar-refractivity contribution >= 4 is 53.9 Å². The lowest BCUT2D eigenvalue weighted by Crippen LogP contribution is -2.02. The van der Waals surface area contributed by atoms with Crippen molar-refractivity contribution in [3.8, 4) is 0 Å². The highest BCUT2D eigenvalue weighted by molar-refractivity contribution is 5.90. The number of rotatable bonds is 4. The van der Waals surface area contributed by atoms with Gasteiger partial charge in [-0.2, -0.15) is 0 Å². The van der Waals surface area contributed by atoms with E-state index in [0.29, 0.717) is 16.2 Å². The van der Waals surface area contributed by atoms with Gasteiger partial charge < -0.3 is 0 Å². The van der Waals surface area contributed by atoms with Crippen LogP contribution in [0.25, 0.3) is 53.9 Å². The first-order valence-electron chi connectivity index (χ1n) is 38.1. The Bertz CT molecular complexity index is 4020. The summed E-state index contributed by atoms with van der Waals surface area (Å²) in [5.41, 5.74) is 27.5. The van der Waals surface area contributed by atoms with Gasteiger partial charge in [0.15, 0.2) is 0 Å². The third kappa shape index (κ3) is 35.0. The maximum absolute atomic E-state index is 2.27. The second kappa shape index (κ2) is 42.3. The molecule has 0 saturated carbocycles. The molecule has 0 nitrogen and oxygen atoms in total. The van der Waals surface area contributed by atoms with Crippen LogP contribution in [0, 0.1) is 160 Å². The molecule has 11 aromatic carbocycles. The lowest BCUT2D eigenvalue weighted by molar-refractivity contribution is 0.373. The molecule has 11 aromatic rings. The van der Waals surface area contributed by atoms with Crippen LogP contribution in [0.2, 0.25) is 0 Å². The van der Waals surface area contributed by atoms with Crippen molar-refractivity contribution in [3.05, 3.63) is 269 Å². The SMILES string of the molecule is CC(C)(C)C.CC(C)CC(C)C.CCCC(C)(C)C.CCCC(C)(C)C.Cc1cc(C)c(C)cc1C.Cc1cc(C)c2cc(C)ccc2c1.Cc1cc(C)c2cc(C)ccc2c1.Cc1ccc2c(C)c(C)ccc2c1.Cc1ccc2c(C)c(C)ccc2c1.Cc1ccc2cc(C)c(C)cc2c1. The second-order valence-electron chi connectivity index (χ2n) is 34.5. The van der Waals surface area contributed by atoms with Crippen LogP contribution >= 0.6 is 0 Å². The quantitative estimate of drug-likeness (QED) is 0.165. The van der Waals surface area contributed by atoms with Gasteiger partial charge in [0.2, 0.25) is 0 Å². The van der Waals surface area contributed by atoms with Gasteiger partial charge >= 0.3 is 0 Å². The number of hydrogen-bond donors (Lipinski definition) is 0. The average Bonchev–Trinajstić information content (AvgIpc) is 0.842. The first-order chi connectivity index (χ1) is 46.7. The fourth-order valence-electron chi connectivity index (χ4n) is 12.3. The molecule has 101 heavy (non-hydrogen) atoms. The maximum atomic E-state index is 2.27. The maximum Gasteiger partial charge on any atom is -0.0152 e. The summed E-state index contributed by atoms with van der Waals surface area (Å²) in [5.74, 6) is 1.75. The van der Waals surface area contributed by atoms with Gasteiger partial charge in [0.05, 0.1) is 0 Å². The summed E-state index contributed by atoms with van der Waals surface area (Å²) in [5, 5.41) is 13.6. The minimum Gasteiger partial charge on any atom is -0.0654 e. The zero-order valence-electron chi connectivity index (χ0n) is 71.3. The summed E-state index contributed by atoms with van der Waals surface area (Å²) in [6.45, 7) is 76.9. The van der Waals surface area contributed by atoms with E-state index in [9.17, 15) is 0 Å². The van der Waals surface area contributed by atoms with Crippen LogP contribution in [0.1, 0.15) is 249 Å². The van der Waals surface area contributed by atoms with E-state index in [-0.39, 0.29) is 0 Å². The predicted octanol–water partition coefficient (Wildman–Crippen LogP) is 32.2. The zero-order valence-corrected chi connectivity index (χ0v) is 71.3. The summed E-state index contributed by atoms with van der Waals surface area (Å²) in [6.07, 6.45) is 6.66.